The van der Waals surface area contributed by atoms with Crippen LogP contribution in [0, 0.1) is 5.92 Å². The lowest BCUT2D eigenvalue weighted by Crippen LogP contribution is -2.34. The summed E-state index contributed by atoms with van der Waals surface area (Å²) in [6.45, 7) is 1.63. The fourth-order valence-corrected chi connectivity index (χ4v) is 4.77. The molecule has 0 radical (unpaired) electrons. The van der Waals surface area contributed by atoms with Crippen molar-refractivity contribution in [3.8, 4) is 11.6 Å². The number of methoxy groups -OCH3 is 2. The minimum Gasteiger partial charge on any atom is -0.479 e. The van der Waals surface area contributed by atoms with Crippen LogP contribution in [-0.4, -0.2) is 52.4 Å². The summed E-state index contributed by atoms with van der Waals surface area (Å²) >= 11 is 0. The van der Waals surface area contributed by atoms with E-state index in [2.05, 4.69) is 20.0 Å². The molecule has 1 saturated carbocycles. The number of ether oxygens (including phenoxy) is 2. The SMILES string of the molecule is COC(=O)[C@H](C)NP(=O)(OCC1C/C1=C/n1cnc2c(OC)nc(N)nc21)Oc1ccccc1. The van der Waals surface area contributed by atoms with E-state index in [0.717, 1.165) is 12.0 Å². The number of imidazole rings is 1. The fraction of sp³-hybridized carbons (Fsp3) is 0.333. The number of carbonyl (C=O) groups is 1. The summed E-state index contributed by atoms with van der Waals surface area (Å²) in [4.78, 5) is 24.4. The lowest BCUT2D eigenvalue weighted by molar-refractivity contribution is -0.142. The summed E-state index contributed by atoms with van der Waals surface area (Å²) in [5, 5.41) is 2.64. The Balaban J connectivity index is 1.47. The molecule has 0 amide bonds. The van der Waals surface area contributed by atoms with Crippen LogP contribution in [0.4, 0.5) is 5.95 Å². The van der Waals surface area contributed by atoms with E-state index in [4.69, 9.17) is 24.3 Å². The first-order chi connectivity index (χ1) is 16.3. The van der Waals surface area contributed by atoms with Crippen molar-refractivity contribution in [1.29, 1.82) is 0 Å². The number of fused-ring (bicyclic) bond motifs is 1. The monoisotopic (exact) mass is 488 g/mol. The number of nitrogen functional groups attached to an aromatic ring is 1. The highest BCUT2D eigenvalue weighted by atomic mass is 31.2. The molecule has 3 N–H and O–H groups in total. The second-order valence-electron chi connectivity index (χ2n) is 7.59. The predicted molar refractivity (Wildman–Crippen MR) is 124 cm³/mol. The maximum absolute atomic E-state index is 13.4. The van der Waals surface area contributed by atoms with Gasteiger partial charge in [-0.3, -0.25) is 13.9 Å². The molecule has 2 heterocycles. The zero-order valence-corrected chi connectivity index (χ0v) is 19.8. The molecule has 0 spiro atoms. The minimum atomic E-state index is -3.88. The smallest absolute Gasteiger partial charge is 0.459 e. The molecule has 3 aromatic rings. The summed E-state index contributed by atoms with van der Waals surface area (Å²) in [5.74, 6) is 0.126. The van der Waals surface area contributed by atoms with Crippen LogP contribution in [-0.2, 0) is 18.6 Å². The van der Waals surface area contributed by atoms with Crippen molar-refractivity contribution >= 4 is 37.0 Å². The van der Waals surface area contributed by atoms with Crippen LogP contribution in [0.2, 0.25) is 0 Å². The van der Waals surface area contributed by atoms with E-state index in [9.17, 15) is 9.36 Å². The van der Waals surface area contributed by atoms with Crippen molar-refractivity contribution in [2.75, 3.05) is 26.6 Å². The van der Waals surface area contributed by atoms with Crippen LogP contribution < -0.4 is 20.1 Å². The number of carbonyl (C=O) groups excluding carboxylic acids is 1. The number of benzene rings is 1. The third-order valence-electron chi connectivity index (χ3n) is 5.07. The Kier molecular flexibility index (Phi) is 6.82. The molecule has 1 aliphatic rings. The van der Waals surface area contributed by atoms with E-state index >= 15 is 0 Å². The Morgan fingerprint density at radius 1 is 1.32 bits per heavy atom. The Hall–Kier alpha value is -3.47. The van der Waals surface area contributed by atoms with Gasteiger partial charge in [0, 0.05) is 12.1 Å². The molecule has 1 aromatic carbocycles. The van der Waals surface area contributed by atoms with Gasteiger partial charge in [-0.05, 0) is 31.1 Å². The molecule has 2 unspecified atom stereocenters. The number of hydrogen-bond acceptors (Lipinski definition) is 10. The van der Waals surface area contributed by atoms with Gasteiger partial charge in [-0.1, -0.05) is 18.2 Å². The highest BCUT2D eigenvalue weighted by Crippen LogP contribution is 2.48. The fourth-order valence-electron chi connectivity index (χ4n) is 3.24. The zero-order chi connectivity index (χ0) is 24.3. The molecule has 0 bridgehead atoms. The van der Waals surface area contributed by atoms with E-state index in [1.807, 2.05) is 6.20 Å². The normalized spacial score (nSPS) is 18.9. The summed E-state index contributed by atoms with van der Waals surface area (Å²) < 4.78 is 36.4. The van der Waals surface area contributed by atoms with Crippen molar-refractivity contribution in [1.82, 2.24) is 24.6 Å². The summed E-state index contributed by atoms with van der Waals surface area (Å²) in [5.41, 5.74) is 7.79. The second-order valence-corrected chi connectivity index (χ2v) is 9.29. The molecular formula is C21H25N6O6P. The minimum absolute atomic E-state index is 0.00135. The highest BCUT2D eigenvalue weighted by molar-refractivity contribution is 7.52. The van der Waals surface area contributed by atoms with E-state index in [1.54, 1.807) is 41.2 Å². The molecule has 12 nitrogen and oxygen atoms in total. The zero-order valence-electron chi connectivity index (χ0n) is 18.9. The van der Waals surface area contributed by atoms with E-state index in [0.29, 0.717) is 22.8 Å². The first kappa shape index (κ1) is 23.7. The predicted octanol–water partition coefficient (Wildman–Crippen LogP) is 2.63. The van der Waals surface area contributed by atoms with Crippen molar-refractivity contribution in [3.63, 3.8) is 0 Å². The average Bonchev–Trinajstić information content (AvgIpc) is 3.46. The molecule has 3 atom stereocenters. The summed E-state index contributed by atoms with van der Waals surface area (Å²) in [6.07, 6.45) is 4.17. The van der Waals surface area contributed by atoms with Crippen molar-refractivity contribution in [3.05, 3.63) is 42.2 Å². The number of hydrogen-bond donors (Lipinski definition) is 2. The maximum Gasteiger partial charge on any atom is 0.459 e. The lowest BCUT2D eigenvalue weighted by Gasteiger charge is -2.22. The molecule has 13 heteroatoms. The number of para-hydroxylation sites is 1. The summed E-state index contributed by atoms with van der Waals surface area (Å²) in [7, 11) is -1.15. The molecule has 4 rings (SSSR count). The lowest BCUT2D eigenvalue weighted by atomic mass is 10.3. The third kappa shape index (κ3) is 5.36. The molecule has 34 heavy (non-hydrogen) atoms. The maximum atomic E-state index is 13.4. The van der Waals surface area contributed by atoms with Crippen molar-refractivity contribution < 1.29 is 27.9 Å². The Morgan fingerprint density at radius 3 is 2.79 bits per heavy atom. The molecule has 0 aliphatic heterocycles. The van der Waals surface area contributed by atoms with Gasteiger partial charge < -0.3 is 19.7 Å². The topological polar surface area (TPSA) is 153 Å². The van der Waals surface area contributed by atoms with E-state index < -0.39 is 19.8 Å². The molecule has 2 aromatic heterocycles. The van der Waals surface area contributed by atoms with Crippen LogP contribution in [0.1, 0.15) is 13.3 Å². The van der Waals surface area contributed by atoms with Gasteiger partial charge in [-0.15, -0.1) is 0 Å². The van der Waals surface area contributed by atoms with Gasteiger partial charge >= 0.3 is 13.7 Å². The van der Waals surface area contributed by atoms with Crippen LogP contribution in [0.5, 0.6) is 11.6 Å². The number of nitrogens with one attached hydrogen (secondary N) is 1. The van der Waals surface area contributed by atoms with E-state index in [1.165, 1.54) is 21.1 Å². The molecule has 1 aliphatic carbocycles. The van der Waals surface area contributed by atoms with Gasteiger partial charge in [-0.2, -0.15) is 15.1 Å². The highest BCUT2D eigenvalue weighted by Gasteiger charge is 2.37. The van der Waals surface area contributed by atoms with Crippen molar-refractivity contribution in [2.45, 2.75) is 19.4 Å². The Morgan fingerprint density at radius 2 is 2.09 bits per heavy atom. The quantitative estimate of drug-likeness (QED) is 0.320. The third-order valence-corrected chi connectivity index (χ3v) is 6.72. The van der Waals surface area contributed by atoms with Gasteiger partial charge in [0.05, 0.1) is 20.8 Å². The van der Waals surface area contributed by atoms with Crippen LogP contribution in [0.3, 0.4) is 0 Å². The van der Waals surface area contributed by atoms with Gasteiger partial charge in [0.25, 0.3) is 0 Å². The number of nitrogens with zero attached hydrogens (tertiary/aromatic N) is 4. The van der Waals surface area contributed by atoms with Crippen LogP contribution in [0.25, 0.3) is 17.4 Å². The number of nitrogens with two attached hydrogens (primary N) is 1. The second kappa shape index (κ2) is 9.80. The van der Waals surface area contributed by atoms with Gasteiger partial charge in [0.15, 0.2) is 11.2 Å². The van der Waals surface area contributed by atoms with Gasteiger partial charge in [0.1, 0.15) is 18.1 Å². The molecule has 180 valence electrons. The Labute approximate surface area is 195 Å². The summed E-state index contributed by atoms with van der Waals surface area (Å²) in [6, 6.07) is 7.69. The number of rotatable bonds is 10. The van der Waals surface area contributed by atoms with Crippen LogP contribution in [0.15, 0.2) is 42.2 Å². The molecule has 0 saturated heterocycles. The largest absolute Gasteiger partial charge is 0.479 e. The van der Waals surface area contributed by atoms with E-state index in [-0.39, 0.29) is 18.5 Å². The first-order valence-corrected chi connectivity index (χ1v) is 12.0. The van der Waals surface area contributed by atoms with Gasteiger partial charge in [-0.25, -0.2) is 9.55 Å². The Bertz CT molecular complexity index is 1260. The standard InChI is InChI=1S/C21H25N6O6P/c1-13(20(28)31-3)26-34(29,33-16-7-5-4-6-8-16)32-11-15-9-14(15)10-27-12-23-17-18(27)24-21(22)25-19(17)30-2/h4-8,10,12-13,15H,9,11H2,1-3H3,(H,26,29)(H2,22,24,25)/b14-10-/t13-,15?,34?/m0/s1. The number of esters is 1. The molecular weight excluding hydrogens is 463 g/mol. The number of anilines is 1. The number of aromatic nitrogens is 4. The average molecular weight is 488 g/mol. The van der Waals surface area contributed by atoms with Crippen LogP contribution >= 0.6 is 7.75 Å². The first-order valence-electron chi connectivity index (χ1n) is 10.4. The molecule has 1 fully saturated rings. The van der Waals surface area contributed by atoms with Crippen molar-refractivity contribution in [2.24, 2.45) is 5.92 Å². The van der Waals surface area contributed by atoms with Gasteiger partial charge in [0.2, 0.25) is 11.8 Å².